The fraction of sp³-hybridized carbons (Fsp3) is 0.500. The van der Waals surface area contributed by atoms with Crippen LogP contribution < -0.4 is 0 Å². The maximum absolute atomic E-state index is 12.9. The van der Waals surface area contributed by atoms with Crippen LogP contribution in [0.1, 0.15) is 37.9 Å². The fourth-order valence-corrected chi connectivity index (χ4v) is 1.72. The van der Waals surface area contributed by atoms with Crippen molar-refractivity contribution in [3.63, 3.8) is 0 Å². The van der Waals surface area contributed by atoms with Gasteiger partial charge in [0.25, 0.3) is 0 Å². The van der Waals surface area contributed by atoms with Crippen LogP contribution >= 0.6 is 0 Å². The van der Waals surface area contributed by atoms with E-state index >= 15 is 0 Å². The van der Waals surface area contributed by atoms with Crippen molar-refractivity contribution in [3.8, 4) is 0 Å². The van der Waals surface area contributed by atoms with Gasteiger partial charge < -0.3 is 5.11 Å². The molecule has 2 heteroatoms. The van der Waals surface area contributed by atoms with Crippen LogP contribution in [0.3, 0.4) is 0 Å². The number of aliphatic hydroxyl groups excluding tert-OH is 1. The summed E-state index contributed by atoms with van der Waals surface area (Å²) in [5, 5.41) is 9.85. The zero-order chi connectivity index (χ0) is 10.2. The van der Waals surface area contributed by atoms with Crippen LogP contribution in [0.5, 0.6) is 0 Å². The van der Waals surface area contributed by atoms with Gasteiger partial charge in [0.1, 0.15) is 5.82 Å². The van der Waals surface area contributed by atoms with Gasteiger partial charge in [-0.25, -0.2) is 4.39 Å². The predicted octanol–water partition coefficient (Wildman–Crippen LogP) is 3.05. The molecule has 0 heterocycles. The number of rotatable bonds is 3. The minimum Gasteiger partial charge on any atom is -0.388 e. The summed E-state index contributed by atoms with van der Waals surface area (Å²) in [7, 11) is 0. The van der Waals surface area contributed by atoms with E-state index in [1.807, 2.05) is 0 Å². The van der Waals surface area contributed by atoms with Crippen LogP contribution in [0.4, 0.5) is 4.39 Å². The average Bonchev–Trinajstić information content (AvgIpc) is 2.83. The molecule has 1 aromatic carbocycles. The number of hydrogen-bond acceptors (Lipinski definition) is 1. The van der Waals surface area contributed by atoms with Crippen molar-refractivity contribution < 1.29 is 9.50 Å². The highest BCUT2D eigenvalue weighted by molar-refractivity contribution is 5.19. The van der Waals surface area contributed by atoms with E-state index in [0.717, 1.165) is 6.42 Å². The van der Waals surface area contributed by atoms with Crippen molar-refractivity contribution in [3.05, 3.63) is 35.6 Å². The molecule has 1 aliphatic rings. The van der Waals surface area contributed by atoms with Crippen molar-refractivity contribution in [1.82, 2.24) is 0 Å². The molecular weight excluding hydrogens is 179 g/mol. The first-order valence-corrected chi connectivity index (χ1v) is 5.03. The van der Waals surface area contributed by atoms with Gasteiger partial charge >= 0.3 is 0 Å². The van der Waals surface area contributed by atoms with E-state index < -0.39 is 6.10 Å². The molecule has 14 heavy (non-hydrogen) atoms. The topological polar surface area (TPSA) is 20.2 Å². The lowest BCUT2D eigenvalue weighted by atomic mass is 9.96. The third-order valence-electron chi connectivity index (χ3n) is 3.02. The van der Waals surface area contributed by atoms with Gasteiger partial charge in [0.2, 0.25) is 0 Å². The Balaban J connectivity index is 2.06. The Morgan fingerprint density at radius 1 is 1.50 bits per heavy atom. The first kappa shape index (κ1) is 9.66. The molecule has 1 aromatic rings. The molecule has 2 rings (SSSR count). The van der Waals surface area contributed by atoms with E-state index in [9.17, 15) is 9.50 Å². The van der Waals surface area contributed by atoms with Gasteiger partial charge in [0.05, 0.1) is 6.10 Å². The molecule has 76 valence electrons. The van der Waals surface area contributed by atoms with E-state index in [2.05, 4.69) is 6.92 Å². The maximum Gasteiger partial charge on any atom is 0.123 e. The molecule has 0 aromatic heterocycles. The molecule has 1 atom stereocenters. The summed E-state index contributed by atoms with van der Waals surface area (Å²) in [5.74, 6) is -0.275. The molecule has 0 radical (unpaired) electrons. The number of halogens is 1. The lowest BCUT2D eigenvalue weighted by Gasteiger charge is -2.15. The van der Waals surface area contributed by atoms with Gasteiger partial charge in [0, 0.05) is 0 Å². The minimum atomic E-state index is -0.516. The molecule has 0 saturated heterocycles. The van der Waals surface area contributed by atoms with Gasteiger partial charge in [-0.3, -0.25) is 0 Å². The third kappa shape index (κ3) is 2.13. The van der Waals surface area contributed by atoms with E-state index in [0.29, 0.717) is 11.0 Å². The molecule has 0 bridgehead atoms. The Kier molecular flexibility index (Phi) is 2.31. The van der Waals surface area contributed by atoms with Crippen molar-refractivity contribution >= 4 is 0 Å². The molecule has 1 fully saturated rings. The summed E-state index contributed by atoms with van der Waals surface area (Å²) in [6, 6.07) is 6.23. The van der Waals surface area contributed by atoms with Gasteiger partial charge in [-0.1, -0.05) is 19.1 Å². The van der Waals surface area contributed by atoms with Gasteiger partial charge in [-0.2, -0.15) is 0 Å². The van der Waals surface area contributed by atoms with Crippen LogP contribution in [-0.2, 0) is 0 Å². The number of aliphatic hydroxyl groups is 1. The zero-order valence-electron chi connectivity index (χ0n) is 8.33. The second kappa shape index (κ2) is 3.35. The summed E-state index contributed by atoms with van der Waals surface area (Å²) in [6.07, 6.45) is 2.59. The van der Waals surface area contributed by atoms with Gasteiger partial charge in [0.15, 0.2) is 0 Å². The van der Waals surface area contributed by atoms with Gasteiger partial charge in [-0.15, -0.1) is 0 Å². The molecular formula is C12H15FO. The summed E-state index contributed by atoms with van der Waals surface area (Å²) in [6.45, 7) is 2.16. The first-order valence-electron chi connectivity index (χ1n) is 5.03. The van der Waals surface area contributed by atoms with Crippen LogP contribution in [0, 0.1) is 11.2 Å². The van der Waals surface area contributed by atoms with Crippen molar-refractivity contribution in [2.24, 2.45) is 5.41 Å². The normalized spacial score (nSPS) is 20.5. The van der Waals surface area contributed by atoms with E-state index in [4.69, 9.17) is 0 Å². The second-order valence-electron chi connectivity index (χ2n) is 4.59. The maximum atomic E-state index is 12.9. The van der Waals surface area contributed by atoms with E-state index in [1.165, 1.54) is 25.0 Å². The quantitative estimate of drug-likeness (QED) is 0.784. The first-order chi connectivity index (χ1) is 6.59. The fourth-order valence-electron chi connectivity index (χ4n) is 1.72. The average molecular weight is 194 g/mol. The summed E-state index contributed by atoms with van der Waals surface area (Å²) in [4.78, 5) is 0. The Morgan fingerprint density at radius 2 is 2.21 bits per heavy atom. The monoisotopic (exact) mass is 194 g/mol. The summed E-state index contributed by atoms with van der Waals surface area (Å²) in [5.41, 5.74) is 0.990. The van der Waals surface area contributed by atoms with Gasteiger partial charge in [-0.05, 0) is 42.4 Å². The number of benzene rings is 1. The second-order valence-corrected chi connectivity index (χ2v) is 4.59. The van der Waals surface area contributed by atoms with Crippen LogP contribution in [-0.4, -0.2) is 5.11 Å². The number of hydrogen-bond donors (Lipinski definition) is 1. The molecule has 0 spiro atoms. The Labute approximate surface area is 83.6 Å². The van der Waals surface area contributed by atoms with E-state index in [1.54, 1.807) is 12.1 Å². The third-order valence-corrected chi connectivity index (χ3v) is 3.02. The zero-order valence-corrected chi connectivity index (χ0v) is 8.33. The molecule has 1 nitrogen and oxygen atoms in total. The molecule has 1 unspecified atom stereocenters. The molecule has 0 aliphatic heterocycles. The molecule has 1 aliphatic carbocycles. The summed E-state index contributed by atoms with van der Waals surface area (Å²) < 4.78 is 12.9. The highest BCUT2D eigenvalue weighted by Crippen LogP contribution is 2.51. The minimum absolute atomic E-state index is 0.275. The highest BCUT2D eigenvalue weighted by Gasteiger charge is 2.39. The van der Waals surface area contributed by atoms with Crippen molar-refractivity contribution in [1.29, 1.82) is 0 Å². The van der Waals surface area contributed by atoms with Crippen LogP contribution in [0.15, 0.2) is 24.3 Å². The Bertz CT molecular complexity index is 331. The standard InChI is InChI=1S/C12H15FO/c1-12(5-6-12)8-11(14)9-3-2-4-10(13)7-9/h2-4,7,11,14H,5-6,8H2,1H3. The smallest absolute Gasteiger partial charge is 0.123 e. The lowest BCUT2D eigenvalue weighted by molar-refractivity contribution is 0.141. The van der Waals surface area contributed by atoms with Crippen LogP contribution in [0.25, 0.3) is 0 Å². The molecule has 1 N–H and O–H groups in total. The SMILES string of the molecule is CC1(CC(O)c2cccc(F)c2)CC1. The predicted molar refractivity (Wildman–Crippen MR) is 53.3 cm³/mol. The van der Waals surface area contributed by atoms with Crippen LogP contribution in [0.2, 0.25) is 0 Å². The summed E-state index contributed by atoms with van der Waals surface area (Å²) >= 11 is 0. The van der Waals surface area contributed by atoms with Crippen molar-refractivity contribution in [2.45, 2.75) is 32.3 Å². The molecule has 0 amide bonds. The largest absolute Gasteiger partial charge is 0.388 e. The Morgan fingerprint density at radius 3 is 2.79 bits per heavy atom. The Hall–Kier alpha value is -0.890. The highest BCUT2D eigenvalue weighted by atomic mass is 19.1. The van der Waals surface area contributed by atoms with E-state index in [-0.39, 0.29) is 5.82 Å². The lowest BCUT2D eigenvalue weighted by Crippen LogP contribution is -2.04. The molecule has 1 saturated carbocycles. The van der Waals surface area contributed by atoms with Crippen molar-refractivity contribution in [2.75, 3.05) is 0 Å².